The summed E-state index contributed by atoms with van der Waals surface area (Å²) in [6.07, 6.45) is 1.34. The molecule has 0 aromatic carbocycles. The fourth-order valence-corrected chi connectivity index (χ4v) is 2.11. The molecule has 0 bridgehead atoms. The summed E-state index contributed by atoms with van der Waals surface area (Å²) in [5.41, 5.74) is 0. The highest BCUT2D eigenvalue weighted by atomic mass is 79.9. The maximum Gasteiger partial charge on any atom is 0.0593 e. The molecule has 1 saturated heterocycles. The Hall–Kier alpha value is 0.400. The van der Waals surface area contributed by atoms with Gasteiger partial charge in [0.1, 0.15) is 0 Å². The van der Waals surface area contributed by atoms with Crippen molar-refractivity contribution in [1.29, 1.82) is 0 Å². The van der Waals surface area contributed by atoms with Gasteiger partial charge < -0.3 is 9.64 Å². The minimum atomic E-state index is 0.843. The van der Waals surface area contributed by atoms with Gasteiger partial charge in [-0.25, -0.2) is 0 Å². The molecule has 0 spiro atoms. The molecule has 1 heterocycles. The maximum absolute atomic E-state index is 5.31. The molecule has 0 aromatic rings. The van der Waals surface area contributed by atoms with Crippen molar-refractivity contribution in [3.63, 3.8) is 0 Å². The summed E-state index contributed by atoms with van der Waals surface area (Å²) < 4.78 is 5.31. The van der Waals surface area contributed by atoms with E-state index in [-0.39, 0.29) is 0 Å². The van der Waals surface area contributed by atoms with E-state index in [4.69, 9.17) is 4.74 Å². The second-order valence-corrected chi connectivity index (χ2v) is 3.95. The third kappa shape index (κ3) is 3.42. The van der Waals surface area contributed by atoms with Gasteiger partial charge >= 0.3 is 0 Å². The van der Waals surface area contributed by atoms with Gasteiger partial charge in [0.2, 0.25) is 0 Å². The first kappa shape index (κ1) is 10.5. The first-order valence-corrected chi connectivity index (χ1v) is 5.85. The van der Waals surface area contributed by atoms with E-state index in [0.717, 1.165) is 31.0 Å². The molecular weight excluding hydrogens is 218 g/mol. The van der Waals surface area contributed by atoms with Crippen LogP contribution < -0.4 is 0 Å². The summed E-state index contributed by atoms with van der Waals surface area (Å²) in [7, 11) is 0. The van der Waals surface area contributed by atoms with Crippen LogP contribution in [0.4, 0.5) is 0 Å². The summed E-state index contributed by atoms with van der Waals surface area (Å²) in [5, 5.41) is 1.15. The predicted molar refractivity (Wildman–Crippen MR) is 54.8 cm³/mol. The molecule has 0 saturated carbocycles. The van der Waals surface area contributed by atoms with E-state index in [2.05, 4.69) is 20.8 Å². The van der Waals surface area contributed by atoms with Crippen molar-refractivity contribution in [3.05, 3.63) is 0 Å². The standard InChI is InChI=1S/C9H18BrNO/c1-2-12-6-5-11-4-3-9(7-10)8-11/h9H,2-8H2,1H3. The molecule has 1 aliphatic rings. The number of halogens is 1. The van der Waals surface area contributed by atoms with E-state index < -0.39 is 0 Å². The molecule has 12 heavy (non-hydrogen) atoms. The molecule has 1 fully saturated rings. The Morgan fingerprint density at radius 3 is 3.00 bits per heavy atom. The Labute approximate surface area is 83.4 Å². The van der Waals surface area contributed by atoms with Crippen LogP contribution in [-0.2, 0) is 4.74 Å². The van der Waals surface area contributed by atoms with Gasteiger partial charge in [-0.05, 0) is 25.8 Å². The van der Waals surface area contributed by atoms with Gasteiger partial charge in [0.25, 0.3) is 0 Å². The van der Waals surface area contributed by atoms with Crippen molar-refractivity contribution in [3.8, 4) is 0 Å². The monoisotopic (exact) mass is 235 g/mol. The quantitative estimate of drug-likeness (QED) is 0.532. The zero-order chi connectivity index (χ0) is 8.81. The lowest BCUT2D eigenvalue weighted by Crippen LogP contribution is -2.25. The molecule has 1 aliphatic heterocycles. The molecule has 0 radical (unpaired) electrons. The van der Waals surface area contributed by atoms with Gasteiger partial charge in [0.05, 0.1) is 6.61 Å². The van der Waals surface area contributed by atoms with Crippen LogP contribution in [0, 0.1) is 5.92 Å². The predicted octanol–water partition coefficient (Wildman–Crippen LogP) is 1.74. The average molecular weight is 236 g/mol. The molecule has 0 N–H and O–H groups in total. The summed E-state index contributed by atoms with van der Waals surface area (Å²) in [6, 6.07) is 0. The molecule has 0 aliphatic carbocycles. The normalized spacial score (nSPS) is 25.0. The van der Waals surface area contributed by atoms with Crippen LogP contribution in [0.15, 0.2) is 0 Å². The van der Waals surface area contributed by atoms with Gasteiger partial charge in [0, 0.05) is 25.0 Å². The number of rotatable bonds is 5. The molecular formula is C9H18BrNO. The third-order valence-electron chi connectivity index (χ3n) is 2.34. The number of alkyl halides is 1. The number of hydrogen-bond donors (Lipinski definition) is 0. The van der Waals surface area contributed by atoms with Crippen LogP contribution in [-0.4, -0.2) is 43.1 Å². The molecule has 1 unspecified atom stereocenters. The second-order valence-electron chi connectivity index (χ2n) is 3.31. The molecule has 2 nitrogen and oxygen atoms in total. The van der Waals surface area contributed by atoms with Crippen LogP contribution >= 0.6 is 15.9 Å². The third-order valence-corrected chi connectivity index (χ3v) is 3.26. The topological polar surface area (TPSA) is 12.5 Å². The van der Waals surface area contributed by atoms with Gasteiger partial charge in [-0.1, -0.05) is 15.9 Å². The molecule has 0 aromatic heterocycles. The molecule has 3 heteroatoms. The molecule has 1 atom stereocenters. The van der Waals surface area contributed by atoms with Crippen molar-refractivity contribution < 1.29 is 4.74 Å². The van der Waals surface area contributed by atoms with Gasteiger partial charge in [-0.3, -0.25) is 0 Å². The van der Waals surface area contributed by atoms with E-state index in [9.17, 15) is 0 Å². The molecule has 72 valence electrons. The minimum absolute atomic E-state index is 0.843. The number of nitrogens with zero attached hydrogens (tertiary/aromatic N) is 1. The maximum atomic E-state index is 5.31. The van der Waals surface area contributed by atoms with Crippen molar-refractivity contribution in [2.45, 2.75) is 13.3 Å². The lowest BCUT2D eigenvalue weighted by Gasteiger charge is -2.14. The summed E-state index contributed by atoms with van der Waals surface area (Å²) >= 11 is 3.53. The largest absolute Gasteiger partial charge is 0.380 e. The van der Waals surface area contributed by atoms with Crippen LogP contribution in [0.2, 0.25) is 0 Å². The fraction of sp³-hybridized carbons (Fsp3) is 1.00. The van der Waals surface area contributed by atoms with Crippen molar-refractivity contribution in [2.75, 3.05) is 38.2 Å². The molecule has 1 rings (SSSR count). The van der Waals surface area contributed by atoms with E-state index in [1.54, 1.807) is 0 Å². The molecule has 0 amide bonds. The zero-order valence-corrected chi connectivity index (χ0v) is 9.35. The zero-order valence-electron chi connectivity index (χ0n) is 7.76. The van der Waals surface area contributed by atoms with Crippen molar-refractivity contribution in [1.82, 2.24) is 4.90 Å². The SMILES string of the molecule is CCOCCN1CCC(CBr)C1. The minimum Gasteiger partial charge on any atom is -0.380 e. The Morgan fingerprint density at radius 1 is 1.58 bits per heavy atom. The summed E-state index contributed by atoms with van der Waals surface area (Å²) in [6.45, 7) is 7.39. The highest BCUT2D eigenvalue weighted by Gasteiger charge is 2.20. The van der Waals surface area contributed by atoms with Crippen LogP contribution in [0.5, 0.6) is 0 Å². The van der Waals surface area contributed by atoms with Crippen LogP contribution in [0.25, 0.3) is 0 Å². The highest BCUT2D eigenvalue weighted by molar-refractivity contribution is 9.09. The summed E-state index contributed by atoms with van der Waals surface area (Å²) in [5.74, 6) is 0.867. The lowest BCUT2D eigenvalue weighted by atomic mass is 10.2. The van der Waals surface area contributed by atoms with E-state index in [0.29, 0.717) is 0 Å². The first-order valence-electron chi connectivity index (χ1n) is 4.73. The van der Waals surface area contributed by atoms with Gasteiger partial charge in [0.15, 0.2) is 0 Å². The number of likely N-dealkylation sites (tertiary alicyclic amines) is 1. The fourth-order valence-electron chi connectivity index (χ4n) is 1.58. The Balaban J connectivity index is 2.03. The Bertz CT molecular complexity index is 121. The number of hydrogen-bond acceptors (Lipinski definition) is 2. The van der Waals surface area contributed by atoms with Crippen molar-refractivity contribution >= 4 is 15.9 Å². The Morgan fingerprint density at radius 2 is 2.42 bits per heavy atom. The van der Waals surface area contributed by atoms with Crippen LogP contribution in [0.3, 0.4) is 0 Å². The van der Waals surface area contributed by atoms with E-state index in [1.807, 2.05) is 6.92 Å². The van der Waals surface area contributed by atoms with Crippen molar-refractivity contribution in [2.24, 2.45) is 5.92 Å². The lowest BCUT2D eigenvalue weighted by molar-refractivity contribution is 0.121. The van der Waals surface area contributed by atoms with Gasteiger partial charge in [-0.15, -0.1) is 0 Å². The van der Waals surface area contributed by atoms with Gasteiger partial charge in [-0.2, -0.15) is 0 Å². The van der Waals surface area contributed by atoms with E-state index in [1.165, 1.54) is 19.5 Å². The van der Waals surface area contributed by atoms with Crippen LogP contribution in [0.1, 0.15) is 13.3 Å². The smallest absolute Gasteiger partial charge is 0.0593 e. The summed E-state index contributed by atoms with van der Waals surface area (Å²) in [4.78, 5) is 2.49. The highest BCUT2D eigenvalue weighted by Crippen LogP contribution is 2.17. The number of ether oxygens (including phenoxy) is 1. The Kier molecular flexibility index (Phi) is 5.19. The average Bonchev–Trinajstić information content (AvgIpc) is 2.53. The van der Waals surface area contributed by atoms with E-state index >= 15 is 0 Å². The first-order chi connectivity index (χ1) is 5.86. The second kappa shape index (κ2) is 5.95.